The maximum Gasteiger partial charge on any atom is 0.333 e. The average Bonchev–Trinajstić information content (AvgIpc) is 2.89. The first kappa shape index (κ1) is 17.1. The maximum absolute atomic E-state index is 11.3. The number of hydrogen-bond donors (Lipinski definition) is 0. The van der Waals surface area contributed by atoms with Crippen LogP contribution in [0.5, 0.6) is 0 Å². The predicted molar refractivity (Wildman–Crippen MR) is 75.6 cm³/mol. The van der Waals surface area contributed by atoms with E-state index in [-0.39, 0.29) is 24.3 Å². The zero-order chi connectivity index (χ0) is 15.0. The van der Waals surface area contributed by atoms with Crippen molar-refractivity contribution in [1.82, 2.24) is 0 Å². The smallest absolute Gasteiger partial charge is 0.333 e. The Hall–Kier alpha value is -0.910. The molecule has 0 aromatic carbocycles. The van der Waals surface area contributed by atoms with Crippen LogP contribution in [0.3, 0.4) is 0 Å². The molecule has 0 aromatic rings. The Morgan fingerprint density at radius 3 is 2.70 bits per heavy atom. The molecule has 0 bridgehead atoms. The van der Waals surface area contributed by atoms with Gasteiger partial charge in [-0.3, -0.25) is 0 Å². The van der Waals surface area contributed by atoms with E-state index < -0.39 is 0 Å². The summed E-state index contributed by atoms with van der Waals surface area (Å²) >= 11 is 0. The fourth-order valence-electron chi connectivity index (χ4n) is 1.81. The summed E-state index contributed by atoms with van der Waals surface area (Å²) in [5, 5.41) is 0. The minimum Gasteiger partial charge on any atom is -0.457 e. The second kappa shape index (κ2) is 9.10. The number of rotatable bonds is 9. The molecule has 0 radical (unpaired) electrons. The van der Waals surface area contributed by atoms with Crippen LogP contribution in [0.2, 0.25) is 0 Å². The molecule has 3 atom stereocenters. The number of ether oxygens (including phenoxy) is 4. The van der Waals surface area contributed by atoms with Gasteiger partial charge in [-0.1, -0.05) is 6.58 Å². The van der Waals surface area contributed by atoms with E-state index in [0.717, 1.165) is 19.4 Å². The zero-order valence-electron chi connectivity index (χ0n) is 12.7. The minimum absolute atomic E-state index is 0.0395. The van der Waals surface area contributed by atoms with Crippen molar-refractivity contribution in [2.45, 2.75) is 51.9 Å². The number of carbonyl (C=O) groups is 1. The Kier molecular flexibility index (Phi) is 7.80. The summed E-state index contributed by atoms with van der Waals surface area (Å²) in [5.41, 5.74) is 0.393. The molecule has 1 aliphatic heterocycles. The van der Waals surface area contributed by atoms with Crippen molar-refractivity contribution in [2.24, 2.45) is 0 Å². The van der Waals surface area contributed by atoms with E-state index >= 15 is 0 Å². The average molecular weight is 286 g/mol. The van der Waals surface area contributed by atoms with Crippen LogP contribution in [0.15, 0.2) is 12.2 Å². The lowest BCUT2D eigenvalue weighted by atomic mass is 10.2. The van der Waals surface area contributed by atoms with Crippen LogP contribution < -0.4 is 0 Å². The van der Waals surface area contributed by atoms with E-state index in [9.17, 15) is 4.79 Å². The molecule has 3 unspecified atom stereocenters. The number of esters is 1. The summed E-state index contributed by atoms with van der Waals surface area (Å²) in [4.78, 5) is 11.3. The molecule has 5 nitrogen and oxygen atoms in total. The molecule has 0 N–H and O–H groups in total. The topological polar surface area (TPSA) is 54.0 Å². The van der Waals surface area contributed by atoms with Crippen molar-refractivity contribution >= 4 is 5.97 Å². The van der Waals surface area contributed by atoms with Gasteiger partial charge in [0.05, 0.1) is 32.0 Å². The molecule has 5 heteroatoms. The van der Waals surface area contributed by atoms with E-state index in [1.165, 1.54) is 0 Å². The highest BCUT2D eigenvalue weighted by atomic mass is 16.6. The maximum atomic E-state index is 11.3. The van der Waals surface area contributed by atoms with Crippen LogP contribution in [0, 0.1) is 0 Å². The van der Waals surface area contributed by atoms with E-state index in [4.69, 9.17) is 18.9 Å². The molecule has 0 aromatic heterocycles. The summed E-state index contributed by atoms with van der Waals surface area (Å²) in [6.07, 6.45) is 2.09. The molecular formula is C15H26O5. The van der Waals surface area contributed by atoms with Gasteiger partial charge in [0.1, 0.15) is 6.10 Å². The summed E-state index contributed by atoms with van der Waals surface area (Å²) in [6.45, 7) is 11.2. The summed E-state index contributed by atoms with van der Waals surface area (Å²) in [5.74, 6) is -0.386. The second-order valence-electron chi connectivity index (χ2n) is 5.31. The van der Waals surface area contributed by atoms with Crippen LogP contribution in [0.25, 0.3) is 0 Å². The van der Waals surface area contributed by atoms with Crippen molar-refractivity contribution in [3.05, 3.63) is 12.2 Å². The zero-order valence-corrected chi connectivity index (χ0v) is 12.7. The molecule has 1 heterocycles. The predicted octanol–water partition coefficient (Wildman–Crippen LogP) is 2.09. The van der Waals surface area contributed by atoms with Crippen molar-refractivity contribution in [3.8, 4) is 0 Å². The van der Waals surface area contributed by atoms with Crippen LogP contribution in [0.1, 0.15) is 33.6 Å². The van der Waals surface area contributed by atoms with E-state index in [2.05, 4.69) is 6.58 Å². The Bertz CT molecular complexity index is 309. The molecule has 1 aliphatic rings. The van der Waals surface area contributed by atoms with Crippen molar-refractivity contribution < 1.29 is 23.7 Å². The molecule has 1 fully saturated rings. The SMILES string of the molecule is C=C(C)C(=O)OC(C)COC(C)COCC1CCCO1. The van der Waals surface area contributed by atoms with Crippen molar-refractivity contribution in [3.63, 3.8) is 0 Å². The minimum atomic E-state index is -0.386. The Morgan fingerprint density at radius 1 is 1.35 bits per heavy atom. The number of carbonyl (C=O) groups excluding carboxylic acids is 1. The van der Waals surface area contributed by atoms with Gasteiger partial charge < -0.3 is 18.9 Å². The summed E-state index contributed by atoms with van der Waals surface area (Å²) < 4.78 is 21.7. The van der Waals surface area contributed by atoms with Crippen LogP contribution in [-0.2, 0) is 23.7 Å². The van der Waals surface area contributed by atoms with Crippen molar-refractivity contribution in [2.75, 3.05) is 26.4 Å². The first-order valence-electron chi connectivity index (χ1n) is 7.16. The van der Waals surface area contributed by atoms with Crippen LogP contribution >= 0.6 is 0 Å². The van der Waals surface area contributed by atoms with E-state index in [1.807, 2.05) is 6.92 Å². The van der Waals surface area contributed by atoms with Gasteiger partial charge in [0.15, 0.2) is 0 Å². The molecule has 20 heavy (non-hydrogen) atoms. The third kappa shape index (κ3) is 7.03. The van der Waals surface area contributed by atoms with Crippen LogP contribution in [0.4, 0.5) is 0 Å². The lowest BCUT2D eigenvalue weighted by Gasteiger charge is -2.18. The molecule has 0 amide bonds. The Labute approximate surface area is 121 Å². The van der Waals surface area contributed by atoms with Gasteiger partial charge in [0, 0.05) is 12.2 Å². The Morgan fingerprint density at radius 2 is 2.10 bits per heavy atom. The van der Waals surface area contributed by atoms with Gasteiger partial charge in [-0.25, -0.2) is 4.79 Å². The van der Waals surface area contributed by atoms with Gasteiger partial charge in [-0.15, -0.1) is 0 Å². The molecular weight excluding hydrogens is 260 g/mol. The van der Waals surface area contributed by atoms with Gasteiger partial charge in [-0.05, 0) is 33.6 Å². The van der Waals surface area contributed by atoms with Gasteiger partial charge in [0.25, 0.3) is 0 Å². The molecule has 1 rings (SSSR count). The fraction of sp³-hybridized carbons (Fsp3) is 0.800. The number of hydrogen-bond acceptors (Lipinski definition) is 5. The molecule has 0 saturated carbocycles. The van der Waals surface area contributed by atoms with Gasteiger partial charge >= 0.3 is 5.97 Å². The third-order valence-corrected chi connectivity index (χ3v) is 2.95. The standard InChI is InChI=1S/C15H26O5/c1-11(2)15(16)20-13(4)9-19-12(3)8-17-10-14-6-5-7-18-14/h12-14H,1,5-10H2,2-4H3. The molecule has 0 aliphatic carbocycles. The highest BCUT2D eigenvalue weighted by molar-refractivity contribution is 5.87. The normalized spacial score (nSPS) is 21.4. The monoisotopic (exact) mass is 286 g/mol. The third-order valence-electron chi connectivity index (χ3n) is 2.95. The lowest BCUT2D eigenvalue weighted by Crippen LogP contribution is -2.26. The molecule has 1 saturated heterocycles. The van der Waals surface area contributed by atoms with Gasteiger partial charge in [0.2, 0.25) is 0 Å². The van der Waals surface area contributed by atoms with Crippen molar-refractivity contribution in [1.29, 1.82) is 0 Å². The second-order valence-corrected chi connectivity index (χ2v) is 5.31. The first-order valence-corrected chi connectivity index (χ1v) is 7.16. The summed E-state index contributed by atoms with van der Waals surface area (Å²) in [6, 6.07) is 0. The van der Waals surface area contributed by atoms with E-state index in [0.29, 0.717) is 25.4 Å². The molecule has 116 valence electrons. The molecule has 0 spiro atoms. The van der Waals surface area contributed by atoms with Gasteiger partial charge in [-0.2, -0.15) is 0 Å². The first-order chi connectivity index (χ1) is 9.49. The Balaban J connectivity index is 2.04. The van der Waals surface area contributed by atoms with Crippen LogP contribution in [-0.4, -0.2) is 50.7 Å². The highest BCUT2D eigenvalue weighted by Gasteiger charge is 2.16. The largest absolute Gasteiger partial charge is 0.457 e. The fourth-order valence-corrected chi connectivity index (χ4v) is 1.81. The van der Waals surface area contributed by atoms with E-state index in [1.54, 1.807) is 13.8 Å². The quantitative estimate of drug-likeness (QED) is 0.480. The summed E-state index contributed by atoms with van der Waals surface area (Å²) in [7, 11) is 0. The highest BCUT2D eigenvalue weighted by Crippen LogP contribution is 2.12. The lowest BCUT2D eigenvalue weighted by molar-refractivity contribution is -0.148.